The van der Waals surface area contributed by atoms with E-state index in [2.05, 4.69) is 5.16 Å². The van der Waals surface area contributed by atoms with E-state index in [0.717, 1.165) is 16.7 Å². The molecular formula is C20H22ClNO4. The Morgan fingerprint density at radius 1 is 1.19 bits per heavy atom. The Bertz CT molecular complexity index is 776. The lowest BCUT2D eigenvalue weighted by molar-refractivity contribution is -0.149. The van der Waals surface area contributed by atoms with E-state index in [1.807, 2.05) is 49.4 Å². The van der Waals surface area contributed by atoms with Gasteiger partial charge in [0.1, 0.15) is 6.61 Å². The maximum absolute atomic E-state index is 11.2. The number of carboxylic acids is 1. The second kappa shape index (κ2) is 9.94. The van der Waals surface area contributed by atoms with Gasteiger partial charge >= 0.3 is 5.97 Å². The van der Waals surface area contributed by atoms with E-state index in [1.165, 1.54) is 0 Å². The van der Waals surface area contributed by atoms with Crippen LogP contribution < -0.4 is 0 Å². The van der Waals surface area contributed by atoms with Crippen LogP contribution in [0.4, 0.5) is 0 Å². The van der Waals surface area contributed by atoms with Crippen LogP contribution in [0.1, 0.15) is 30.5 Å². The zero-order valence-corrected chi connectivity index (χ0v) is 15.6. The summed E-state index contributed by atoms with van der Waals surface area (Å²) in [6.07, 6.45) is -0.556. The van der Waals surface area contributed by atoms with Crippen LogP contribution in [-0.4, -0.2) is 29.5 Å². The smallest absolute Gasteiger partial charge is 0.333 e. The van der Waals surface area contributed by atoms with Crippen LogP contribution in [0.25, 0.3) is 0 Å². The minimum Gasteiger partial charge on any atom is -0.479 e. The molecule has 0 fully saturated rings. The predicted molar refractivity (Wildman–Crippen MR) is 102 cm³/mol. The van der Waals surface area contributed by atoms with Gasteiger partial charge in [-0.05, 0) is 48.7 Å². The lowest BCUT2D eigenvalue weighted by Crippen LogP contribution is -2.26. The number of benzene rings is 2. The summed E-state index contributed by atoms with van der Waals surface area (Å²) in [4.78, 5) is 16.6. The number of ether oxygens (including phenoxy) is 1. The lowest BCUT2D eigenvalue weighted by atomic mass is 10.0. The quantitative estimate of drug-likeness (QED) is 0.523. The molecule has 5 nitrogen and oxygen atoms in total. The molecule has 138 valence electrons. The van der Waals surface area contributed by atoms with Gasteiger partial charge in [-0.2, -0.15) is 0 Å². The molecule has 2 aromatic carbocycles. The number of carboxylic acid groups (broad SMARTS) is 1. The molecule has 0 aliphatic heterocycles. The first-order chi connectivity index (χ1) is 12.5. The summed E-state index contributed by atoms with van der Waals surface area (Å²) >= 11 is 5.94. The van der Waals surface area contributed by atoms with Crippen molar-refractivity contribution in [3.05, 3.63) is 70.2 Å². The van der Waals surface area contributed by atoms with Gasteiger partial charge in [0.2, 0.25) is 0 Å². The fraction of sp³-hybridized carbons (Fsp3) is 0.300. The highest BCUT2D eigenvalue weighted by Crippen LogP contribution is 2.13. The molecule has 0 spiro atoms. The van der Waals surface area contributed by atoms with Crippen molar-refractivity contribution < 1.29 is 19.5 Å². The van der Waals surface area contributed by atoms with Crippen molar-refractivity contribution in [2.24, 2.45) is 5.16 Å². The fourth-order valence-corrected chi connectivity index (χ4v) is 2.65. The van der Waals surface area contributed by atoms with E-state index in [4.69, 9.17) is 21.2 Å². The summed E-state index contributed by atoms with van der Waals surface area (Å²) in [5, 5.41) is 14.0. The average molecular weight is 376 g/mol. The highest BCUT2D eigenvalue weighted by Gasteiger charge is 2.18. The molecule has 0 aliphatic rings. The van der Waals surface area contributed by atoms with Crippen LogP contribution in [0.5, 0.6) is 0 Å². The molecule has 2 rings (SSSR count). The number of hydrogen-bond acceptors (Lipinski definition) is 4. The van der Waals surface area contributed by atoms with Crippen molar-refractivity contribution in [3.8, 4) is 0 Å². The summed E-state index contributed by atoms with van der Waals surface area (Å²) in [5.41, 5.74) is 3.38. The van der Waals surface area contributed by atoms with E-state index in [1.54, 1.807) is 13.0 Å². The number of nitrogens with zero attached hydrogens (tertiary/aromatic N) is 1. The summed E-state index contributed by atoms with van der Waals surface area (Å²) in [7, 11) is 0. The van der Waals surface area contributed by atoms with Gasteiger partial charge in [0, 0.05) is 18.1 Å². The number of carbonyl (C=O) groups is 1. The molecule has 26 heavy (non-hydrogen) atoms. The van der Waals surface area contributed by atoms with Gasteiger partial charge < -0.3 is 14.7 Å². The molecule has 2 aromatic rings. The molecule has 0 aliphatic carbocycles. The molecule has 1 atom stereocenters. The molecule has 0 amide bonds. The van der Waals surface area contributed by atoms with E-state index in [0.29, 0.717) is 30.4 Å². The van der Waals surface area contributed by atoms with E-state index < -0.39 is 12.1 Å². The molecule has 0 unspecified atom stereocenters. The molecule has 0 bridgehead atoms. The van der Waals surface area contributed by atoms with Crippen molar-refractivity contribution in [2.75, 3.05) is 6.61 Å². The van der Waals surface area contributed by atoms with Crippen LogP contribution in [0.3, 0.4) is 0 Å². The van der Waals surface area contributed by atoms with Crippen LogP contribution >= 0.6 is 11.6 Å². The zero-order chi connectivity index (χ0) is 18.9. The van der Waals surface area contributed by atoms with Crippen LogP contribution in [-0.2, 0) is 27.4 Å². The first kappa shape index (κ1) is 19.9. The van der Waals surface area contributed by atoms with E-state index in [9.17, 15) is 9.90 Å². The Morgan fingerprint density at radius 3 is 2.62 bits per heavy atom. The van der Waals surface area contributed by atoms with Gasteiger partial charge in [0.25, 0.3) is 0 Å². The standard InChI is InChI=1S/C20H22ClNO4/c1-3-25-19(20(23)24)12-15-6-4-8-17(10-15)14(2)22-26-13-16-7-5-9-18(21)11-16/h4-11,19H,3,12-13H2,1-2H3,(H,23,24)/b22-14+/t19-/m1/s1. The number of aliphatic carboxylic acids is 1. The third kappa shape index (κ3) is 6.17. The van der Waals surface area contributed by atoms with Gasteiger partial charge in [0.15, 0.2) is 6.10 Å². The molecule has 1 N–H and O–H groups in total. The van der Waals surface area contributed by atoms with Crippen molar-refractivity contribution in [2.45, 2.75) is 33.0 Å². The maximum atomic E-state index is 11.2. The van der Waals surface area contributed by atoms with Gasteiger partial charge in [-0.15, -0.1) is 0 Å². The summed E-state index contributed by atoms with van der Waals surface area (Å²) < 4.78 is 5.27. The van der Waals surface area contributed by atoms with Crippen LogP contribution in [0.2, 0.25) is 5.02 Å². The first-order valence-corrected chi connectivity index (χ1v) is 8.72. The van der Waals surface area contributed by atoms with E-state index >= 15 is 0 Å². The zero-order valence-electron chi connectivity index (χ0n) is 14.8. The summed E-state index contributed by atoms with van der Waals surface area (Å²) in [6.45, 7) is 4.30. The molecule has 0 radical (unpaired) electrons. The molecule has 0 saturated heterocycles. The Labute approximate surface area is 158 Å². The third-order valence-electron chi connectivity index (χ3n) is 3.73. The van der Waals surface area contributed by atoms with Crippen molar-refractivity contribution >= 4 is 23.3 Å². The van der Waals surface area contributed by atoms with Crippen LogP contribution in [0.15, 0.2) is 53.7 Å². The maximum Gasteiger partial charge on any atom is 0.333 e. The number of halogens is 1. The highest BCUT2D eigenvalue weighted by atomic mass is 35.5. The minimum atomic E-state index is -0.965. The van der Waals surface area contributed by atoms with Crippen molar-refractivity contribution in [3.63, 3.8) is 0 Å². The summed E-state index contributed by atoms with van der Waals surface area (Å²) in [6, 6.07) is 14.9. The first-order valence-electron chi connectivity index (χ1n) is 8.34. The highest BCUT2D eigenvalue weighted by molar-refractivity contribution is 6.30. The van der Waals surface area contributed by atoms with Gasteiger partial charge in [-0.25, -0.2) is 4.79 Å². The van der Waals surface area contributed by atoms with Gasteiger partial charge in [-0.3, -0.25) is 0 Å². The Hall–Kier alpha value is -2.37. The fourth-order valence-electron chi connectivity index (χ4n) is 2.44. The summed E-state index contributed by atoms with van der Waals surface area (Å²) in [5.74, 6) is -0.965. The monoisotopic (exact) mass is 375 g/mol. The van der Waals surface area contributed by atoms with Crippen molar-refractivity contribution in [1.82, 2.24) is 0 Å². The molecule has 0 heterocycles. The largest absolute Gasteiger partial charge is 0.479 e. The van der Waals surface area contributed by atoms with E-state index in [-0.39, 0.29) is 0 Å². The Balaban J connectivity index is 2.02. The third-order valence-corrected chi connectivity index (χ3v) is 3.97. The normalized spacial score (nSPS) is 12.7. The number of hydrogen-bond donors (Lipinski definition) is 1. The lowest BCUT2D eigenvalue weighted by Gasteiger charge is -2.13. The number of oxime groups is 1. The SMILES string of the molecule is CCO[C@H](Cc1cccc(/C(C)=N/OCc2cccc(Cl)c2)c1)C(=O)O. The molecular weight excluding hydrogens is 354 g/mol. The molecule has 0 aromatic heterocycles. The van der Waals surface area contributed by atoms with Gasteiger partial charge in [-0.1, -0.05) is 47.1 Å². The predicted octanol–water partition coefficient (Wildman–Crippen LogP) is 4.31. The average Bonchev–Trinajstić information content (AvgIpc) is 2.61. The Kier molecular flexibility index (Phi) is 7.63. The number of rotatable bonds is 9. The van der Waals surface area contributed by atoms with Crippen molar-refractivity contribution in [1.29, 1.82) is 0 Å². The van der Waals surface area contributed by atoms with Crippen LogP contribution in [0, 0.1) is 0 Å². The van der Waals surface area contributed by atoms with Gasteiger partial charge in [0.05, 0.1) is 5.71 Å². The Morgan fingerprint density at radius 2 is 1.92 bits per heavy atom. The second-order valence-corrected chi connectivity index (χ2v) is 6.20. The topological polar surface area (TPSA) is 68.1 Å². The minimum absolute atomic E-state index is 0.299. The molecule has 6 heteroatoms. The second-order valence-electron chi connectivity index (χ2n) is 5.77. The molecule has 0 saturated carbocycles.